The molecule has 0 atom stereocenters. The standard InChI is InChI=1S/C15H25N3O/c1-3-9-16-14-6-4-5-13(17-14)12-18-10-7-15(2,19)8-11-18/h4-6,19H,3,7-12H2,1-2H3,(H,16,17). The predicted molar refractivity (Wildman–Crippen MR) is 78.2 cm³/mol. The highest BCUT2D eigenvalue weighted by Crippen LogP contribution is 2.22. The lowest BCUT2D eigenvalue weighted by Gasteiger charge is -2.35. The lowest BCUT2D eigenvalue weighted by Crippen LogP contribution is -2.42. The Labute approximate surface area is 115 Å². The molecule has 1 aromatic heterocycles. The molecule has 1 fully saturated rings. The van der Waals surface area contributed by atoms with Crippen LogP contribution in [0, 0.1) is 0 Å². The monoisotopic (exact) mass is 263 g/mol. The van der Waals surface area contributed by atoms with E-state index in [1.807, 2.05) is 13.0 Å². The molecule has 0 aliphatic carbocycles. The number of hydrogen-bond acceptors (Lipinski definition) is 4. The number of piperidine rings is 1. The van der Waals surface area contributed by atoms with Crippen LogP contribution in [0.15, 0.2) is 18.2 Å². The Morgan fingerprint density at radius 1 is 1.37 bits per heavy atom. The number of hydrogen-bond donors (Lipinski definition) is 2. The van der Waals surface area contributed by atoms with Crippen molar-refractivity contribution in [2.45, 2.75) is 45.3 Å². The van der Waals surface area contributed by atoms with Gasteiger partial charge in [-0.2, -0.15) is 0 Å². The third kappa shape index (κ3) is 4.48. The van der Waals surface area contributed by atoms with Crippen molar-refractivity contribution in [1.82, 2.24) is 9.88 Å². The van der Waals surface area contributed by atoms with Gasteiger partial charge in [-0.15, -0.1) is 0 Å². The van der Waals surface area contributed by atoms with Crippen LogP contribution in [-0.2, 0) is 6.54 Å². The van der Waals surface area contributed by atoms with Gasteiger partial charge in [0.1, 0.15) is 5.82 Å². The summed E-state index contributed by atoms with van der Waals surface area (Å²) in [6.45, 7) is 7.80. The van der Waals surface area contributed by atoms with Gasteiger partial charge in [0.05, 0.1) is 11.3 Å². The number of aromatic nitrogens is 1. The summed E-state index contributed by atoms with van der Waals surface area (Å²) >= 11 is 0. The maximum atomic E-state index is 9.95. The number of likely N-dealkylation sites (tertiary alicyclic amines) is 1. The van der Waals surface area contributed by atoms with Gasteiger partial charge < -0.3 is 10.4 Å². The fourth-order valence-electron chi connectivity index (χ4n) is 2.34. The second-order valence-corrected chi connectivity index (χ2v) is 5.71. The molecule has 19 heavy (non-hydrogen) atoms. The van der Waals surface area contributed by atoms with E-state index in [4.69, 9.17) is 0 Å². The summed E-state index contributed by atoms with van der Waals surface area (Å²) in [5, 5.41) is 13.3. The van der Waals surface area contributed by atoms with Crippen molar-refractivity contribution in [2.24, 2.45) is 0 Å². The highest BCUT2D eigenvalue weighted by atomic mass is 16.3. The molecule has 0 amide bonds. The summed E-state index contributed by atoms with van der Waals surface area (Å²) in [6, 6.07) is 6.14. The zero-order valence-corrected chi connectivity index (χ0v) is 12.0. The summed E-state index contributed by atoms with van der Waals surface area (Å²) in [5.41, 5.74) is 0.622. The average molecular weight is 263 g/mol. The van der Waals surface area contributed by atoms with Gasteiger partial charge in [0.25, 0.3) is 0 Å². The van der Waals surface area contributed by atoms with E-state index >= 15 is 0 Å². The van der Waals surface area contributed by atoms with Crippen molar-refractivity contribution in [2.75, 3.05) is 25.0 Å². The minimum Gasteiger partial charge on any atom is -0.390 e. The van der Waals surface area contributed by atoms with Crippen molar-refractivity contribution in [1.29, 1.82) is 0 Å². The molecule has 0 saturated carbocycles. The first-order valence-corrected chi connectivity index (χ1v) is 7.23. The van der Waals surface area contributed by atoms with Gasteiger partial charge in [-0.25, -0.2) is 4.98 Å². The largest absolute Gasteiger partial charge is 0.390 e. The maximum absolute atomic E-state index is 9.95. The zero-order chi connectivity index (χ0) is 13.7. The molecular weight excluding hydrogens is 238 g/mol. The number of nitrogens with zero attached hydrogens (tertiary/aromatic N) is 2. The van der Waals surface area contributed by atoms with Gasteiger partial charge in [0.15, 0.2) is 0 Å². The van der Waals surface area contributed by atoms with Crippen LogP contribution in [0.25, 0.3) is 0 Å². The molecule has 0 unspecified atom stereocenters. The first kappa shape index (κ1) is 14.3. The van der Waals surface area contributed by atoms with Crippen molar-refractivity contribution in [3.63, 3.8) is 0 Å². The molecule has 1 aromatic rings. The van der Waals surface area contributed by atoms with Gasteiger partial charge in [-0.05, 0) is 38.3 Å². The third-order valence-corrected chi connectivity index (χ3v) is 3.68. The van der Waals surface area contributed by atoms with Crippen LogP contribution in [-0.4, -0.2) is 40.2 Å². The summed E-state index contributed by atoms with van der Waals surface area (Å²) in [5.74, 6) is 0.961. The molecule has 1 aliphatic heterocycles. The molecule has 0 radical (unpaired) electrons. The van der Waals surface area contributed by atoms with Gasteiger partial charge in [-0.3, -0.25) is 4.90 Å². The molecule has 2 N–H and O–H groups in total. The summed E-state index contributed by atoms with van der Waals surface area (Å²) in [6.07, 6.45) is 2.80. The molecule has 2 heterocycles. The van der Waals surface area contributed by atoms with Crippen LogP contribution in [0.1, 0.15) is 38.8 Å². The van der Waals surface area contributed by atoms with Crippen LogP contribution >= 0.6 is 0 Å². The van der Waals surface area contributed by atoms with Gasteiger partial charge in [0, 0.05) is 26.2 Å². The van der Waals surface area contributed by atoms with E-state index in [1.54, 1.807) is 0 Å². The molecule has 4 nitrogen and oxygen atoms in total. The van der Waals surface area contributed by atoms with E-state index in [-0.39, 0.29) is 0 Å². The fourth-order valence-corrected chi connectivity index (χ4v) is 2.34. The normalized spacial score (nSPS) is 19.3. The fraction of sp³-hybridized carbons (Fsp3) is 0.667. The summed E-state index contributed by atoms with van der Waals surface area (Å²) < 4.78 is 0. The van der Waals surface area contributed by atoms with Crippen molar-refractivity contribution in [3.05, 3.63) is 23.9 Å². The number of pyridine rings is 1. The number of nitrogens with one attached hydrogen (secondary N) is 1. The number of aliphatic hydroxyl groups is 1. The van der Waals surface area contributed by atoms with Crippen molar-refractivity contribution < 1.29 is 5.11 Å². The quantitative estimate of drug-likeness (QED) is 0.855. The van der Waals surface area contributed by atoms with Crippen LogP contribution in [0.4, 0.5) is 5.82 Å². The minimum absolute atomic E-state index is 0.478. The second-order valence-electron chi connectivity index (χ2n) is 5.71. The predicted octanol–water partition coefficient (Wildman–Crippen LogP) is 2.25. The molecule has 4 heteroatoms. The van der Waals surface area contributed by atoms with E-state index in [0.717, 1.165) is 57.0 Å². The van der Waals surface area contributed by atoms with E-state index < -0.39 is 5.60 Å². The van der Waals surface area contributed by atoms with Crippen molar-refractivity contribution in [3.8, 4) is 0 Å². The first-order chi connectivity index (χ1) is 9.09. The highest BCUT2D eigenvalue weighted by molar-refractivity contribution is 5.35. The van der Waals surface area contributed by atoms with Crippen LogP contribution in [0.2, 0.25) is 0 Å². The SMILES string of the molecule is CCCNc1cccc(CN2CCC(C)(O)CC2)n1. The first-order valence-electron chi connectivity index (χ1n) is 7.23. The lowest BCUT2D eigenvalue weighted by atomic mass is 9.94. The van der Waals surface area contributed by atoms with Crippen LogP contribution in [0.3, 0.4) is 0 Å². The number of anilines is 1. The number of rotatable bonds is 5. The lowest BCUT2D eigenvalue weighted by molar-refractivity contribution is -0.00756. The van der Waals surface area contributed by atoms with Crippen molar-refractivity contribution >= 4 is 5.82 Å². The highest BCUT2D eigenvalue weighted by Gasteiger charge is 2.27. The Hall–Kier alpha value is -1.13. The van der Waals surface area contributed by atoms with Gasteiger partial charge in [-0.1, -0.05) is 13.0 Å². The average Bonchev–Trinajstić information content (AvgIpc) is 2.39. The van der Waals surface area contributed by atoms with Gasteiger partial charge >= 0.3 is 0 Å². The third-order valence-electron chi connectivity index (χ3n) is 3.68. The molecular formula is C15H25N3O. The summed E-state index contributed by atoms with van der Waals surface area (Å²) in [4.78, 5) is 6.99. The Morgan fingerprint density at radius 3 is 2.79 bits per heavy atom. The van der Waals surface area contributed by atoms with Gasteiger partial charge in [0.2, 0.25) is 0 Å². The van der Waals surface area contributed by atoms with E-state index in [1.165, 1.54) is 0 Å². The summed E-state index contributed by atoms with van der Waals surface area (Å²) in [7, 11) is 0. The maximum Gasteiger partial charge on any atom is 0.126 e. The minimum atomic E-state index is -0.478. The molecule has 1 saturated heterocycles. The topological polar surface area (TPSA) is 48.4 Å². The molecule has 2 rings (SSSR count). The Morgan fingerprint density at radius 2 is 2.11 bits per heavy atom. The molecule has 0 aromatic carbocycles. The van der Waals surface area contributed by atoms with E-state index in [2.05, 4.69) is 34.3 Å². The molecule has 0 spiro atoms. The molecule has 106 valence electrons. The Kier molecular flexibility index (Phi) is 4.77. The van der Waals surface area contributed by atoms with Crippen LogP contribution in [0.5, 0.6) is 0 Å². The van der Waals surface area contributed by atoms with E-state index in [0.29, 0.717) is 0 Å². The Balaban J connectivity index is 1.89. The van der Waals surface area contributed by atoms with Crippen LogP contribution < -0.4 is 5.32 Å². The smallest absolute Gasteiger partial charge is 0.126 e. The zero-order valence-electron chi connectivity index (χ0n) is 12.0. The molecule has 0 bridgehead atoms. The Bertz CT molecular complexity index is 396. The second kappa shape index (κ2) is 6.35. The molecule has 1 aliphatic rings. The van der Waals surface area contributed by atoms with E-state index in [9.17, 15) is 5.11 Å².